The van der Waals surface area contributed by atoms with Gasteiger partial charge >= 0.3 is 6.18 Å². The Morgan fingerprint density at radius 3 is 2.62 bits per heavy atom. The molecular formula is C13H15F3N2O3. The largest absolute Gasteiger partial charge is 0.411 e. The molecule has 1 rings (SSSR count). The van der Waals surface area contributed by atoms with E-state index >= 15 is 0 Å². The second-order valence-corrected chi connectivity index (χ2v) is 4.10. The summed E-state index contributed by atoms with van der Waals surface area (Å²) in [4.78, 5) is 23.0. The van der Waals surface area contributed by atoms with Gasteiger partial charge in [0, 0.05) is 17.8 Å². The van der Waals surface area contributed by atoms with E-state index in [0.29, 0.717) is 17.8 Å². The van der Waals surface area contributed by atoms with E-state index in [9.17, 15) is 22.8 Å². The molecule has 0 radical (unpaired) electrons. The van der Waals surface area contributed by atoms with E-state index in [1.165, 1.54) is 12.1 Å². The van der Waals surface area contributed by atoms with Crippen LogP contribution in [0.4, 0.5) is 18.9 Å². The van der Waals surface area contributed by atoms with Crippen LogP contribution in [0.2, 0.25) is 0 Å². The van der Waals surface area contributed by atoms with Gasteiger partial charge < -0.3 is 15.4 Å². The molecule has 0 saturated heterocycles. The van der Waals surface area contributed by atoms with E-state index in [4.69, 9.17) is 0 Å². The highest BCUT2D eigenvalue weighted by Gasteiger charge is 2.27. The van der Waals surface area contributed by atoms with Crippen LogP contribution >= 0.6 is 0 Å². The summed E-state index contributed by atoms with van der Waals surface area (Å²) < 4.78 is 39.8. The Kier molecular flexibility index (Phi) is 6.16. The highest BCUT2D eigenvalue weighted by Crippen LogP contribution is 2.14. The second kappa shape index (κ2) is 7.63. The number of ether oxygens (including phenoxy) is 1. The fraction of sp³-hybridized carbons (Fsp3) is 0.385. The Morgan fingerprint density at radius 1 is 1.29 bits per heavy atom. The third-order valence-corrected chi connectivity index (χ3v) is 2.24. The Bertz CT molecular complexity index is 504. The Hall–Kier alpha value is -2.09. The number of anilines is 1. The molecule has 0 aliphatic heterocycles. The fourth-order valence-electron chi connectivity index (χ4n) is 1.46. The van der Waals surface area contributed by atoms with Gasteiger partial charge in [0.05, 0.1) is 0 Å². The van der Waals surface area contributed by atoms with Crippen molar-refractivity contribution in [2.24, 2.45) is 0 Å². The van der Waals surface area contributed by atoms with Crippen molar-refractivity contribution < 1.29 is 27.5 Å². The Labute approximate surface area is 119 Å². The molecule has 21 heavy (non-hydrogen) atoms. The van der Waals surface area contributed by atoms with Crippen LogP contribution in [0.25, 0.3) is 0 Å². The van der Waals surface area contributed by atoms with Crippen molar-refractivity contribution in [1.29, 1.82) is 0 Å². The molecule has 1 aromatic carbocycles. The van der Waals surface area contributed by atoms with Crippen LogP contribution in [0.3, 0.4) is 0 Å². The van der Waals surface area contributed by atoms with Crippen LogP contribution in [0.15, 0.2) is 24.3 Å². The van der Waals surface area contributed by atoms with Gasteiger partial charge in [0.1, 0.15) is 13.2 Å². The smallest absolute Gasteiger partial charge is 0.362 e. The highest BCUT2D eigenvalue weighted by atomic mass is 19.4. The maximum absolute atomic E-state index is 11.8. The lowest BCUT2D eigenvalue weighted by atomic mass is 10.2. The van der Waals surface area contributed by atoms with Crippen LogP contribution in [0.5, 0.6) is 0 Å². The number of hydrogen-bond acceptors (Lipinski definition) is 3. The van der Waals surface area contributed by atoms with Crippen molar-refractivity contribution >= 4 is 17.5 Å². The van der Waals surface area contributed by atoms with Gasteiger partial charge in [-0.15, -0.1) is 0 Å². The number of amides is 2. The number of carbonyl (C=O) groups is 2. The molecule has 0 aliphatic rings. The first-order valence-corrected chi connectivity index (χ1v) is 6.14. The van der Waals surface area contributed by atoms with Crippen LogP contribution in [0.1, 0.15) is 17.3 Å². The molecule has 0 fully saturated rings. The summed E-state index contributed by atoms with van der Waals surface area (Å²) in [5.74, 6) is -1.03. The lowest BCUT2D eigenvalue weighted by Crippen LogP contribution is -2.24. The molecule has 1 aromatic rings. The lowest BCUT2D eigenvalue weighted by Gasteiger charge is -2.09. The molecule has 2 N–H and O–H groups in total. The maximum Gasteiger partial charge on any atom is 0.411 e. The number of rotatable bonds is 6. The standard InChI is InChI=1S/C13H15F3N2O3/c1-2-17-12(20)9-4-3-5-10(6-9)18-11(19)7-21-8-13(14,15)16/h3-6H,2,7-8H2,1H3,(H,17,20)(H,18,19). The summed E-state index contributed by atoms with van der Waals surface area (Å²) >= 11 is 0. The van der Waals surface area contributed by atoms with Gasteiger partial charge in [0.15, 0.2) is 0 Å². The predicted octanol–water partition coefficient (Wildman–Crippen LogP) is 1.95. The molecular weight excluding hydrogens is 289 g/mol. The SMILES string of the molecule is CCNC(=O)c1cccc(NC(=O)COCC(F)(F)F)c1. The molecule has 0 atom stereocenters. The number of hydrogen-bond donors (Lipinski definition) is 2. The fourth-order valence-corrected chi connectivity index (χ4v) is 1.46. The van der Waals surface area contributed by atoms with E-state index in [1.54, 1.807) is 19.1 Å². The summed E-state index contributed by atoms with van der Waals surface area (Å²) in [5.41, 5.74) is 0.644. The molecule has 0 unspecified atom stereocenters. The molecule has 5 nitrogen and oxygen atoms in total. The molecule has 0 heterocycles. The highest BCUT2D eigenvalue weighted by molar-refractivity contribution is 5.97. The van der Waals surface area contributed by atoms with Crippen molar-refractivity contribution in [3.8, 4) is 0 Å². The molecule has 0 aliphatic carbocycles. The minimum Gasteiger partial charge on any atom is -0.362 e. The average Bonchev–Trinajstić information content (AvgIpc) is 2.37. The van der Waals surface area contributed by atoms with Gasteiger partial charge in [0.2, 0.25) is 5.91 Å². The van der Waals surface area contributed by atoms with Crippen LogP contribution in [0, 0.1) is 0 Å². The van der Waals surface area contributed by atoms with Gasteiger partial charge in [-0.25, -0.2) is 0 Å². The van der Waals surface area contributed by atoms with E-state index in [2.05, 4.69) is 15.4 Å². The first-order chi connectivity index (χ1) is 9.81. The molecule has 2 amide bonds. The first-order valence-electron chi connectivity index (χ1n) is 6.14. The third-order valence-electron chi connectivity index (χ3n) is 2.24. The van der Waals surface area contributed by atoms with Crippen molar-refractivity contribution in [3.05, 3.63) is 29.8 Å². The van der Waals surface area contributed by atoms with Crippen LogP contribution < -0.4 is 10.6 Å². The zero-order chi connectivity index (χ0) is 15.9. The zero-order valence-corrected chi connectivity index (χ0v) is 11.3. The molecule has 8 heteroatoms. The van der Waals surface area contributed by atoms with Gasteiger partial charge in [-0.3, -0.25) is 9.59 Å². The van der Waals surface area contributed by atoms with Crippen molar-refractivity contribution in [3.63, 3.8) is 0 Å². The normalized spacial score (nSPS) is 11.0. The van der Waals surface area contributed by atoms with Gasteiger partial charge in [-0.2, -0.15) is 13.2 Å². The quantitative estimate of drug-likeness (QED) is 0.844. The van der Waals surface area contributed by atoms with E-state index < -0.39 is 25.3 Å². The summed E-state index contributed by atoms with van der Waals surface area (Å²) in [6.07, 6.45) is -4.47. The number of nitrogens with one attached hydrogen (secondary N) is 2. The predicted molar refractivity (Wildman–Crippen MR) is 70.0 cm³/mol. The minimum absolute atomic E-state index is 0.304. The zero-order valence-electron chi connectivity index (χ0n) is 11.3. The maximum atomic E-state index is 11.8. The first kappa shape index (κ1) is 17.0. The lowest BCUT2D eigenvalue weighted by molar-refractivity contribution is -0.174. The molecule has 0 aromatic heterocycles. The number of halogens is 3. The number of benzene rings is 1. The summed E-state index contributed by atoms with van der Waals surface area (Å²) in [5, 5.41) is 4.95. The summed E-state index contributed by atoms with van der Waals surface area (Å²) in [7, 11) is 0. The summed E-state index contributed by atoms with van der Waals surface area (Å²) in [6.45, 7) is 0.0203. The Balaban J connectivity index is 2.53. The minimum atomic E-state index is -4.47. The third kappa shape index (κ3) is 6.75. The number of carbonyl (C=O) groups excluding carboxylic acids is 2. The molecule has 116 valence electrons. The topological polar surface area (TPSA) is 67.4 Å². The molecule has 0 bridgehead atoms. The average molecular weight is 304 g/mol. The van der Waals surface area contributed by atoms with E-state index in [-0.39, 0.29) is 5.91 Å². The van der Waals surface area contributed by atoms with Crippen LogP contribution in [-0.2, 0) is 9.53 Å². The van der Waals surface area contributed by atoms with E-state index in [1.807, 2.05) is 0 Å². The monoisotopic (exact) mass is 304 g/mol. The van der Waals surface area contributed by atoms with Crippen molar-refractivity contribution in [2.45, 2.75) is 13.1 Å². The van der Waals surface area contributed by atoms with Crippen molar-refractivity contribution in [2.75, 3.05) is 25.1 Å². The number of alkyl halides is 3. The van der Waals surface area contributed by atoms with Gasteiger partial charge in [-0.05, 0) is 25.1 Å². The van der Waals surface area contributed by atoms with E-state index in [0.717, 1.165) is 0 Å². The molecule has 0 spiro atoms. The van der Waals surface area contributed by atoms with Gasteiger partial charge in [-0.1, -0.05) is 6.07 Å². The second-order valence-electron chi connectivity index (χ2n) is 4.10. The van der Waals surface area contributed by atoms with Crippen LogP contribution in [-0.4, -0.2) is 37.7 Å². The van der Waals surface area contributed by atoms with Crippen molar-refractivity contribution in [1.82, 2.24) is 5.32 Å². The molecule has 0 saturated carbocycles. The van der Waals surface area contributed by atoms with Gasteiger partial charge in [0.25, 0.3) is 5.91 Å². The Morgan fingerprint density at radius 2 is 2.00 bits per heavy atom. The summed E-state index contributed by atoms with van der Waals surface area (Å²) in [6, 6.07) is 6.05.